The molecule has 3 aliphatic rings. The van der Waals surface area contributed by atoms with Crippen LogP contribution in [0.2, 0.25) is 0 Å². The number of hydrazine groups is 1. The van der Waals surface area contributed by atoms with Gasteiger partial charge in [0.15, 0.2) is 5.84 Å². The van der Waals surface area contributed by atoms with Crippen molar-refractivity contribution in [2.45, 2.75) is 51.0 Å². The first kappa shape index (κ1) is 30.4. The first-order chi connectivity index (χ1) is 24.9. The Kier molecular flexibility index (Phi) is 6.88. The van der Waals surface area contributed by atoms with Crippen LogP contribution < -0.4 is 10.4 Å². The summed E-state index contributed by atoms with van der Waals surface area (Å²) < 4.78 is 2.67. The zero-order chi connectivity index (χ0) is 34.3. The van der Waals surface area contributed by atoms with Gasteiger partial charge in [-0.2, -0.15) is 0 Å². The van der Waals surface area contributed by atoms with E-state index in [1.165, 1.54) is 70.4 Å². The molecule has 0 radical (unpaired) electrons. The molecule has 0 spiro atoms. The van der Waals surface area contributed by atoms with E-state index in [0.29, 0.717) is 12.0 Å². The second-order valence-corrected chi connectivity index (χ2v) is 16.0. The fraction of sp³-hybridized carbons (Fsp3) is 0.170. The predicted octanol–water partition coefficient (Wildman–Crippen LogP) is 11.5. The topological polar surface area (TPSA) is 27.6 Å². The average molecular weight is 678 g/mol. The minimum atomic E-state index is -0.286. The van der Waals surface area contributed by atoms with Gasteiger partial charge >= 0.3 is 0 Å². The lowest BCUT2D eigenvalue weighted by atomic mass is 9.79. The molecule has 1 aromatic heterocycles. The summed E-state index contributed by atoms with van der Waals surface area (Å²) in [5.41, 5.74) is 17.8. The van der Waals surface area contributed by atoms with Gasteiger partial charge in [0.25, 0.3) is 0 Å². The lowest BCUT2D eigenvalue weighted by Gasteiger charge is -2.35. The Morgan fingerprint density at radius 1 is 0.706 bits per heavy atom. The van der Waals surface area contributed by atoms with Crippen LogP contribution >= 0.6 is 11.3 Å². The molecule has 1 N–H and O–H groups in total. The standard InChI is InChI=1S/C47H39N3S/c1-29-35-23-21-34(33-22-24-44-39(26-33)37-18-10-12-20-43(37)51-44)27-40(35)47(2,3)45(29)48-46(30-13-5-4-6-14-30)49-50-41-19-11-9-17-36(41)38-25-31-15-7-8-16-32(31)28-42(38)50/h4-24,26-27,38,42H,25,28H2,1-3H3,(H,48,49). The Morgan fingerprint density at radius 2 is 1.39 bits per heavy atom. The van der Waals surface area contributed by atoms with Crippen molar-refractivity contribution in [3.63, 3.8) is 0 Å². The molecule has 7 aromatic rings. The van der Waals surface area contributed by atoms with Crippen LogP contribution in [0.5, 0.6) is 0 Å². The van der Waals surface area contributed by atoms with Crippen molar-refractivity contribution in [2.24, 2.45) is 4.99 Å². The number of aliphatic imine (C=N–C) groups is 1. The minimum Gasteiger partial charge on any atom is -0.282 e. The molecule has 0 fully saturated rings. The number of thiophene rings is 1. The third-order valence-electron chi connectivity index (χ3n) is 11.6. The third-order valence-corrected chi connectivity index (χ3v) is 12.8. The summed E-state index contributed by atoms with van der Waals surface area (Å²) in [4.78, 5) is 5.63. The van der Waals surface area contributed by atoms with Crippen LogP contribution in [0.15, 0.2) is 150 Å². The highest BCUT2D eigenvalue weighted by Crippen LogP contribution is 2.49. The van der Waals surface area contributed by atoms with Gasteiger partial charge in [-0.15, -0.1) is 11.3 Å². The third kappa shape index (κ3) is 4.81. The molecular formula is C47H39N3S. The molecule has 3 nitrogen and oxygen atoms in total. The number of fused-ring (bicyclic) bond motifs is 8. The van der Waals surface area contributed by atoms with Crippen molar-refractivity contribution in [3.05, 3.63) is 179 Å². The maximum atomic E-state index is 5.63. The minimum absolute atomic E-state index is 0.286. The van der Waals surface area contributed by atoms with Gasteiger partial charge in [-0.3, -0.25) is 10.4 Å². The molecule has 0 bridgehead atoms. The monoisotopic (exact) mass is 677 g/mol. The second kappa shape index (κ2) is 11.5. The second-order valence-electron chi connectivity index (χ2n) is 14.9. The zero-order valence-corrected chi connectivity index (χ0v) is 30.0. The molecule has 6 aromatic carbocycles. The van der Waals surface area contributed by atoms with E-state index < -0.39 is 0 Å². The van der Waals surface area contributed by atoms with Crippen LogP contribution in [0.25, 0.3) is 36.9 Å². The molecule has 0 amide bonds. The summed E-state index contributed by atoms with van der Waals surface area (Å²) >= 11 is 1.87. The number of anilines is 1. The van der Waals surface area contributed by atoms with Crippen LogP contribution in [0, 0.1) is 0 Å². The smallest absolute Gasteiger partial charge is 0.152 e. The molecule has 0 saturated carbocycles. The number of amidine groups is 1. The van der Waals surface area contributed by atoms with Gasteiger partial charge < -0.3 is 0 Å². The molecule has 2 aliphatic carbocycles. The Bertz CT molecular complexity index is 2570. The number of allylic oxidation sites excluding steroid dienone is 2. The molecule has 1 aliphatic heterocycles. The van der Waals surface area contributed by atoms with Crippen molar-refractivity contribution in [1.82, 2.24) is 5.43 Å². The highest BCUT2D eigenvalue weighted by Gasteiger charge is 2.43. The summed E-state index contributed by atoms with van der Waals surface area (Å²) in [5, 5.41) is 5.09. The number of rotatable bonds is 4. The average Bonchev–Trinajstić information content (AvgIpc) is 3.75. The molecule has 248 valence electrons. The Morgan fingerprint density at radius 3 is 2.25 bits per heavy atom. The number of hydrogen-bond acceptors (Lipinski definition) is 3. The van der Waals surface area contributed by atoms with Crippen LogP contribution in [-0.4, -0.2) is 11.9 Å². The Hall–Kier alpha value is -5.45. The van der Waals surface area contributed by atoms with Gasteiger partial charge in [-0.05, 0) is 94.6 Å². The maximum absolute atomic E-state index is 5.63. The van der Waals surface area contributed by atoms with E-state index in [1.807, 2.05) is 11.3 Å². The fourth-order valence-corrected chi connectivity index (χ4v) is 10.1. The first-order valence-electron chi connectivity index (χ1n) is 18.1. The van der Waals surface area contributed by atoms with Crippen molar-refractivity contribution in [1.29, 1.82) is 0 Å². The van der Waals surface area contributed by atoms with Crippen molar-refractivity contribution in [3.8, 4) is 11.1 Å². The van der Waals surface area contributed by atoms with E-state index in [1.54, 1.807) is 0 Å². The lowest BCUT2D eigenvalue weighted by Crippen LogP contribution is -2.50. The number of hydrogen-bond donors (Lipinski definition) is 1. The predicted molar refractivity (Wildman–Crippen MR) is 216 cm³/mol. The van der Waals surface area contributed by atoms with Crippen LogP contribution in [0.1, 0.15) is 60.1 Å². The normalized spacial score (nSPS) is 18.9. The zero-order valence-electron chi connectivity index (χ0n) is 29.2. The lowest BCUT2D eigenvalue weighted by molar-refractivity contribution is 0.479. The van der Waals surface area contributed by atoms with Gasteiger partial charge in [0.05, 0.1) is 17.4 Å². The summed E-state index contributed by atoms with van der Waals surface area (Å²) in [5.74, 6) is 1.31. The van der Waals surface area contributed by atoms with E-state index >= 15 is 0 Å². The number of para-hydroxylation sites is 1. The molecule has 2 heterocycles. The summed E-state index contributed by atoms with van der Waals surface area (Å²) in [6, 6.07) is 51.6. The van der Waals surface area contributed by atoms with E-state index in [4.69, 9.17) is 4.99 Å². The first-order valence-corrected chi connectivity index (χ1v) is 18.9. The highest BCUT2D eigenvalue weighted by molar-refractivity contribution is 7.25. The number of nitrogens with one attached hydrogen (secondary N) is 1. The van der Waals surface area contributed by atoms with Crippen molar-refractivity contribution < 1.29 is 0 Å². The SMILES string of the molecule is CC1=C(N=C(NN2c3ccccc3C3Cc4ccccc4CC32)c2ccccc2)C(C)(C)c2cc(-c3ccc4sc5ccccc5c4c3)ccc21. The molecule has 2 unspecified atom stereocenters. The maximum Gasteiger partial charge on any atom is 0.152 e. The largest absolute Gasteiger partial charge is 0.282 e. The summed E-state index contributed by atoms with van der Waals surface area (Å²) in [6.45, 7) is 6.92. The van der Waals surface area contributed by atoms with E-state index in [9.17, 15) is 0 Å². The van der Waals surface area contributed by atoms with Gasteiger partial charge in [0.1, 0.15) is 0 Å². The van der Waals surface area contributed by atoms with Gasteiger partial charge in [-0.25, -0.2) is 4.99 Å². The van der Waals surface area contributed by atoms with Gasteiger partial charge in [-0.1, -0.05) is 123 Å². The fourth-order valence-electron chi connectivity index (χ4n) is 9.02. The molecule has 10 rings (SSSR count). The quantitative estimate of drug-likeness (QED) is 0.148. The van der Waals surface area contributed by atoms with E-state index in [2.05, 4.69) is 171 Å². The van der Waals surface area contributed by atoms with Gasteiger partial charge in [0.2, 0.25) is 0 Å². The van der Waals surface area contributed by atoms with Crippen molar-refractivity contribution in [2.75, 3.05) is 5.01 Å². The molecule has 4 heteroatoms. The Balaban J connectivity index is 1.04. The van der Waals surface area contributed by atoms with Crippen LogP contribution in [0.3, 0.4) is 0 Å². The Labute approximate surface area is 303 Å². The molecule has 51 heavy (non-hydrogen) atoms. The van der Waals surface area contributed by atoms with E-state index in [-0.39, 0.29) is 5.41 Å². The van der Waals surface area contributed by atoms with Crippen molar-refractivity contribution >= 4 is 48.6 Å². The number of nitrogens with zero attached hydrogens (tertiary/aromatic N) is 2. The molecular weight excluding hydrogens is 639 g/mol. The number of benzene rings is 6. The van der Waals surface area contributed by atoms with Crippen LogP contribution in [0.4, 0.5) is 5.69 Å². The van der Waals surface area contributed by atoms with Crippen LogP contribution in [-0.2, 0) is 18.3 Å². The summed E-state index contributed by atoms with van der Waals surface area (Å²) in [7, 11) is 0. The summed E-state index contributed by atoms with van der Waals surface area (Å²) in [6.07, 6.45) is 2.05. The van der Waals surface area contributed by atoms with Gasteiger partial charge in [0, 0.05) is 37.1 Å². The molecule has 2 atom stereocenters. The van der Waals surface area contributed by atoms with E-state index in [0.717, 1.165) is 29.9 Å². The highest BCUT2D eigenvalue weighted by atomic mass is 32.1. The molecule has 0 saturated heterocycles.